The molecule has 2 N–H and O–H groups in total. The first-order valence-corrected chi connectivity index (χ1v) is 5.27. The third-order valence-electron chi connectivity index (χ3n) is 1.03. The van der Waals surface area contributed by atoms with Crippen LogP contribution in [-0.2, 0) is 10.0 Å². The van der Waals surface area contributed by atoms with Gasteiger partial charge >= 0.3 is 0 Å². The summed E-state index contributed by atoms with van der Waals surface area (Å²) in [5.74, 6) is 0. The molecule has 0 spiro atoms. The highest BCUT2D eigenvalue weighted by atomic mass is 127. The highest BCUT2D eigenvalue weighted by Gasteiger charge is 2.06. The number of halogens is 1. The Morgan fingerprint density at radius 3 is 2.45 bits per heavy atom. The van der Waals surface area contributed by atoms with E-state index in [0.717, 1.165) is 3.70 Å². The Labute approximate surface area is 78.0 Å². The Balaban J connectivity index is 3.20. The van der Waals surface area contributed by atoms with Crippen molar-refractivity contribution in [1.29, 1.82) is 0 Å². The molecule has 0 fully saturated rings. The quantitative estimate of drug-likeness (QED) is 0.596. The molecular formula is C5H5IN2O2S. The molecule has 0 bridgehead atoms. The number of hydrogen-bond donors (Lipinski definition) is 1. The van der Waals surface area contributed by atoms with Crippen LogP contribution in [0.15, 0.2) is 23.2 Å². The standard InChI is InChI=1S/C5H5IN2O2S/c6-5-2-1-4(3-8-5)11(7,9)10/h1-3H,(H2,7,9,10). The summed E-state index contributed by atoms with van der Waals surface area (Å²) in [7, 11) is -3.59. The van der Waals surface area contributed by atoms with Crippen molar-refractivity contribution in [1.82, 2.24) is 4.98 Å². The summed E-state index contributed by atoms with van der Waals surface area (Å²) in [6, 6.07) is 3.00. The minimum absolute atomic E-state index is 0.0397. The Morgan fingerprint density at radius 1 is 1.45 bits per heavy atom. The topological polar surface area (TPSA) is 73.1 Å². The molecule has 0 aliphatic rings. The van der Waals surface area contributed by atoms with Gasteiger partial charge in [0.2, 0.25) is 10.0 Å². The number of primary sulfonamides is 1. The third-order valence-corrected chi connectivity index (χ3v) is 2.57. The van der Waals surface area contributed by atoms with E-state index in [1.807, 2.05) is 22.6 Å². The average Bonchev–Trinajstić information content (AvgIpc) is 1.86. The molecule has 1 aromatic rings. The van der Waals surface area contributed by atoms with E-state index >= 15 is 0 Å². The number of pyridine rings is 1. The zero-order chi connectivity index (χ0) is 8.48. The molecular weight excluding hydrogens is 279 g/mol. The molecule has 0 aromatic carbocycles. The van der Waals surface area contributed by atoms with E-state index in [4.69, 9.17) is 5.14 Å². The van der Waals surface area contributed by atoms with Crippen LogP contribution >= 0.6 is 22.6 Å². The van der Waals surface area contributed by atoms with E-state index in [1.54, 1.807) is 6.07 Å². The predicted octanol–water partition coefficient (Wildman–Crippen LogP) is 0.334. The summed E-state index contributed by atoms with van der Waals surface area (Å²) in [5, 5.41) is 4.84. The van der Waals surface area contributed by atoms with E-state index in [2.05, 4.69) is 4.98 Å². The minimum Gasteiger partial charge on any atom is -0.249 e. The van der Waals surface area contributed by atoms with E-state index < -0.39 is 10.0 Å². The first-order chi connectivity index (χ1) is 5.00. The minimum atomic E-state index is -3.59. The number of aromatic nitrogens is 1. The molecule has 0 atom stereocenters. The van der Waals surface area contributed by atoms with Crippen LogP contribution in [0.5, 0.6) is 0 Å². The molecule has 60 valence electrons. The Kier molecular flexibility index (Phi) is 2.45. The van der Waals surface area contributed by atoms with Crippen molar-refractivity contribution in [3.63, 3.8) is 0 Å². The highest BCUT2D eigenvalue weighted by molar-refractivity contribution is 14.1. The summed E-state index contributed by atoms with van der Waals surface area (Å²) >= 11 is 1.98. The van der Waals surface area contributed by atoms with Crippen LogP contribution in [-0.4, -0.2) is 13.4 Å². The van der Waals surface area contributed by atoms with Gasteiger partial charge in [-0.1, -0.05) is 0 Å². The first-order valence-electron chi connectivity index (χ1n) is 2.64. The van der Waals surface area contributed by atoms with Crippen molar-refractivity contribution in [3.05, 3.63) is 22.0 Å². The molecule has 6 heteroatoms. The van der Waals surface area contributed by atoms with E-state index in [9.17, 15) is 8.42 Å². The molecule has 1 aromatic heterocycles. The number of nitrogens with two attached hydrogens (primary N) is 1. The van der Waals surface area contributed by atoms with Gasteiger partial charge in [-0.05, 0) is 34.7 Å². The molecule has 1 rings (SSSR count). The second-order valence-corrected chi connectivity index (χ2v) is 4.53. The van der Waals surface area contributed by atoms with Gasteiger partial charge in [-0.2, -0.15) is 0 Å². The van der Waals surface area contributed by atoms with Crippen LogP contribution in [0.2, 0.25) is 0 Å². The predicted molar refractivity (Wildman–Crippen MR) is 48.3 cm³/mol. The van der Waals surface area contributed by atoms with Crippen LogP contribution in [0, 0.1) is 3.70 Å². The molecule has 1 heterocycles. The van der Waals surface area contributed by atoms with Gasteiger partial charge < -0.3 is 0 Å². The van der Waals surface area contributed by atoms with Gasteiger partial charge in [0.15, 0.2) is 0 Å². The smallest absolute Gasteiger partial charge is 0.239 e. The van der Waals surface area contributed by atoms with Gasteiger partial charge in [0.1, 0.15) is 8.60 Å². The van der Waals surface area contributed by atoms with Crippen LogP contribution in [0.1, 0.15) is 0 Å². The van der Waals surface area contributed by atoms with Crippen LogP contribution in [0.3, 0.4) is 0 Å². The average molecular weight is 284 g/mol. The number of hydrogen-bond acceptors (Lipinski definition) is 3. The number of nitrogens with zero attached hydrogens (tertiary/aromatic N) is 1. The first kappa shape index (κ1) is 8.88. The second-order valence-electron chi connectivity index (χ2n) is 1.86. The summed E-state index contributed by atoms with van der Waals surface area (Å²) in [4.78, 5) is 3.81. The monoisotopic (exact) mass is 284 g/mol. The molecule has 11 heavy (non-hydrogen) atoms. The van der Waals surface area contributed by atoms with Gasteiger partial charge in [0.05, 0.1) is 0 Å². The van der Waals surface area contributed by atoms with Gasteiger partial charge in [-0.3, -0.25) is 0 Å². The Bertz CT molecular complexity index is 345. The normalized spacial score (nSPS) is 11.5. The maximum atomic E-state index is 10.7. The van der Waals surface area contributed by atoms with E-state index in [-0.39, 0.29) is 4.90 Å². The largest absolute Gasteiger partial charge is 0.249 e. The molecule has 0 radical (unpaired) electrons. The van der Waals surface area contributed by atoms with Crippen molar-refractivity contribution in [2.75, 3.05) is 0 Å². The Hall–Kier alpha value is -0.210. The molecule has 0 unspecified atom stereocenters. The van der Waals surface area contributed by atoms with Gasteiger partial charge in [-0.15, -0.1) is 0 Å². The van der Waals surface area contributed by atoms with Crippen molar-refractivity contribution in [3.8, 4) is 0 Å². The van der Waals surface area contributed by atoms with Crippen molar-refractivity contribution in [2.24, 2.45) is 5.14 Å². The van der Waals surface area contributed by atoms with Crippen LogP contribution in [0.4, 0.5) is 0 Å². The zero-order valence-electron chi connectivity index (χ0n) is 5.36. The number of sulfonamides is 1. The zero-order valence-corrected chi connectivity index (χ0v) is 8.33. The molecule has 0 saturated heterocycles. The maximum Gasteiger partial charge on any atom is 0.239 e. The Morgan fingerprint density at radius 2 is 2.09 bits per heavy atom. The molecule has 4 nitrogen and oxygen atoms in total. The second kappa shape index (κ2) is 3.03. The fraction of sp³-hybridized carbons (Fsp3) is 0. The SMILES string of the molecule is NS(=O)(=O)c1ccc(I)nc1. The molecule has 0 aliphatic heterocycles. The fourth-order valence-corrected chi connectivity index (χ4v) is 1.31. The highest BCUT2D eigenvalue weighted by Crippen LogP contribution is 2.06. The lowest BCUT2D eigenvalue weighted by Gasteiger charge is -1.95. The van der Waals surface area contributed by atoms with E-state index in [1.165, 1.54) is 12.3 Å². The third kappa shape index (κ3) is 2.38. The van der Waals surface area contributed by atoms with Crippen LogP contribution in [0.25, 0.3) is 0 Å². The lowest BCUT2D eigenvalue weighted by Crippen LogP contribution is -2.12. The molecule has 0 amide bonds. The van der Waals surface area contributed by atoms with Gasteiger partial charge in [0.25, 0.3) is 0 Å². The summed E-state index contributed by atoms with van der Waals surface area (Å²) in [5.41, 5.74) is 0. The number of rotatable bonds is 1. The van der Waals surface area contributed by atoms with Crippen molar-refractivity contribution in [2.45, 2.75) is 4.90 Å². The summed E-state index contributed by atoms with van der Waals surface area (Å²) < 4.78 is 22.1. The van der Waals surface area contributed by atoms with Crippen molar-refractivity contribution < 1.29 is 8.42 Å². The van der Waals surface area contributed by atoms with Gasteiger partial charge in [-0.25, -0.2) is 18.5 Å². The maximum absolute atomic E-state index is 10.7. The van der Waals surface area contributed by atoms with E-state index in [0.29, 0.717) is 0 Å². The molecule has 0 aliphatic carbocycles. The lowest BCUT2D eigenvalue weighted by molar-refractivity contribution is 0.597. The lowest BCUT2D eigenvalue weighted by atomic mass is 10.5. The van der Waals surface area contributed by atoms with Gasteiger partial charge in [0, 0.05) is 6.20 Å². The molecule has 0 saturated carbocycles. The summed E-state index contributed by atoms with van der Waals surface area (Å²) in [6.45, 7) is 0. The van der Waals surface area contributed by atoms with Crippen LogP contribution < -0.4 is 5.14 Å². The fourth-order valence-electron chi connectivity index (χ4n) is 0.531. The summed E-state index contributed by atoms with van der Waals surface area (Å²) in [6.07, 6.45) is 1.23. The van der Waals surface area contributed by atoms with Crippen molar-refractivity contribution >= 4 is 32.6 Å².